The van der Waals surface area contributed by atoms with Gasteiger partial charge in [-0.2, -0.15) is 0 Å². The predicted molar refractivity (Wildman–Crippen MR) is 82.6 cm³/mol. The summed E-state index contributed by atoms with van der Waals surface area (Å²) in [6.45, 7) is 12.4. The van der Waals surface area contributed by atoms with Crippen molar-refractivity contribution in [2.75, 3.05) is 19.6 Å². The molecule has 0 saturated heterocycles. The van der Waals surface area contributed by atoms with Gasteiger partial charge >= 0.3 is 0 Å². The fraction of sp³-hybridized carbons (Fsp3) is 0.647. The minimum atomic E-state index is 0.484. The van der Waals surface area contributed by atoms with Crippen LogP contribution in [0.5, 0.6) is 0 Å². The molecule has 1 aliphatic carbocycles. The highest BCUT2D eigenvalue weighted by Crippen LogP contribution is 2.39. The van der Waals surface area contributed by atoms with Gasteiger partial charge < -0.3 is 5.32 Å². The van der Waals surface area contributed by atoms with Crippen molar-refractivity contribution >= 4 is 0 Å². The zero-order valence-electron chi connectivity index (χ0n) is 12.8. The average molecular weight is 260 g/mol. The first-order valence-corrected chi connectivity index (χ1v) is 7.79. The molecule has 0 heterocycles. The fourth-order valence-corrected chi connectivity index (χ4v) is 3.59. The third-order valence-electron chi connectivity index (χ3n) is 4.55. The zero-order chi connectivity index (χ0) is 13.8. The summed E-state index contributed by atoms with van der Waals surface area (Å²) < 4.78 is 0. The van der Waals surface area contributed by atoms with E-state index in [0.717, 1.165) is 19.6 Å². The molecule has 0 fully saturated rings. The van der Waals surface area contributed by atoms with E-state index in [1.165, 1.54) is 17.5 Å². The summed E-state index contributed by atoms with van der Waals surface area (Å²) in [7, 11) is 0. The van der Waals surface area contributed by atoms with E-state index in [1.54, 1.807) is 0 Å². The number of hydrogen-bond donors (Lipinski definition) is 1. The van der Waals surface area contributed by atoms with Crippen molar-refractivity contribution in [3.05, 3.63) is 35.4 Å². The van der Waals surface area contributed by atoms with Gasteiger partial charge in [-0.05, 0) is 43.1 Å². The van der Waals surface area contributed by atoms with E-state index in [9.17, 15) is 0 Å². The molecule has 0 radical (unpaired) electrons. The molecule has 0 aromatic heterocycles. The molecule has 1 aromatic carbocycles. The molecule has 1 aromatic rings. The molecule has 3 atom stereocenters. The van der Waals surface area contributed by atoms with Crippen molar-refractivity contribution in [1.82, 2.24) is 10.2 Å². The lowest BCUT2D eigenvalue weighted by Gasteiger charge is -2.43. The summed E-state index contributed by atoms with van der Waals surface area (Å²) in [5.41, 5.74) is 3.05. The maximum Gasteiger partial charge on any atom is 0.0481 e. The SMILES string of the molecule is CCNC1c2ccccc2C(C)CC1N(CC)CC. The van der Waals surface area contributed by atoms with Gasteiger partial charge in [0.25, 0.3) is 0 Å². The standard InChI is InChI=1S/C17H28N2/c1-5-18-17-15-11-9-8-10-14(15)13(4)12-16(17)19(6-2)7-3/h8-11,13,16-18H,5-7,12H2,1-4H3. The molecule has 1 N–H and O–H groups in total. The number of nitrogens with zero attached hydrogens (tertiary/aromatic N) is 1. The zero-order valence-corrected chi connectivity index (χ0v) is 12.8. The molecule has 0 aliphatic heterocycles. The van der Waals surface area contributed by atoms with Crippen LogP contribution in [0.2, 0.25) is 0 Å². The summed E-state index contributed by atoms with van der Waals surface area (Å²) in [5, 5.41) is 3.72. The van der Waals surface area contributed by atoms with Crippen molar-refractivity contribution in [3.8, 4) is 0 Å². The van der Waals surface area contributed by atoms with Crippen molar-refractivity contribution in [2.45, 2.75) is 52.1 Å². The second-order valence-electron chi connectivity index (χ2n) is 5.59. The Morgan fingerprint density at radius 2 is 1.74 bits per heavy atom. The van der Waals surface area contributed by atoms with E-state index in [-0.39, 0.29) is 0 Å². The highest BCUT2D eigenvalue weighted by molar-refractivity contribution is 5.36. The Kier molecular flexibility index (Phi) is 5.00. The lowest BCUT2D eigenvalue weighted by molar-refractivity contribution is 0.147. The van der Waals surface area contributed by atoms with Gasteiger partial charge in [0, 0.05) is 12.1 Å². The van der Waals surface area contributed by atoms with Crippen LogP contribution in [0.3, 0.4) is 0 Å². The Labute approximate surface area is 118 Å². The van der Waals surface area contributed by atoms with E-state index in [1.807, 2.05) is 0 Å². The highest BCUT2D eigenvalue weighted by Gasteiger charge is 2.34. The van der Waals surface area contributed by atoms with Crippen LogP contribution < -0.4 is 5.32 Å². The summed E-state index contributed by atoms with van der Waals surface area (Å²) in [5.74, 6) is 0.664. The molecule has 1 aliphatic rings. The van der Waals surface area contributed by atoms with Crippen LogP contribution >= 0.6 is 0 Å². The Morgan fingerprint density at radius 3 is 2.32 bits per heavy atom. The van der Waals surface area contributed by atoms with E-state index < -0.39 is 0 Å². The number of nitrogens with one attached hydrogen (secondary N) is 1. The molecule has 0 saturated carbocycles. The lowest BCUT2D eigenvalue weighted by Crippen LogP contribution is -2.47. The molecular formula is C17H28N2. The second kappa shape index (κ2) is 6.53. The van der Waals surface area contributed by atoms with Crippen LogP contribution in [-0.2, 0) is 0 Å². The number of likely N-dealkylation sites (N-methyl/N-ethyl adjacent to an activating group) is 2. The highest BCUT2D eigenvalue weighted by atomic mass is 15.2. The van der Waals surface area contributed by atoms with Crippen molar-refractivity contribution in [2.24, 2.45) is 0 Å². The molecule has 0 amide bonds. The molecule has 2 rings (SSSR count). The van der Waals surface area contributed by atoms with E-state index in [4.69, 9.17) is 0 Å². The fourth-order valence-electron chi connectivity index (χ4n) is 3.59. The van der Waals surface area contributed by atoms with E-state index in [0.29, 0.717) is 18.0 Å². The third kappa shape index (κ3) is 2.85. The number of rotatable bonds is 5. The number of benzene rings is 1. The maximum absolute atomic E-state index is 3.72. The topological polar surface area (TPSA) is 15.3 Å². The summed E-state index contributed by atoms with van der Waals surface area (Å²) in [6.07, 6.45) is 1.26. The molecule has 19 heavy (non-hydrogen) atoms. The molecule has 106 valence electrons. The molecular weight excluding hydrogens is 232 g/mol. The van der Waals surface area contributed by atoms with E-state index in [2.05, 4.69) is 62.2 Å². The van der Waals surface area contributed by atoms with Crippen LogP contribution in [0.25, 0.3) is 0 Å². The van der Waals surface area contributed by atoms with Gasteiger partial charge in [-0.3, -0.25) is 4.90 Å². The van der Waals surface area contributed by atoms with Crippen molar-refractivity contribution < 1.29 is 0 Å². The summed E-state index contributed by atoms with van der Waals surface area (Å²) in [4.78, 5) is 2.61. The van der Waals surface area contributed by atoms with Gasteiger partial charge in [0.15, 0.2) is 0 Å². The lowest BCUT2D eigenvalue weighted by atomic mass is 9.77. The van der Waals surface area contributed by atoms with Crippen LogP contribution in [0.4, 0.5) is 0 Å². The number of fused-ring (bicyclic) bond motifs is 1. The Morgan fingerprint density at radius 1 is 1.11 bits per heavy atom. The van der Waals surface area contributed by atoms with E-state index >= 15 is 0 Å². The summed E-state index contributed by atoms with van der Waals surface area (Å²) in [6, 6.07) is 10.1. The molecule has 2 heteroatoms. The normalized spacial score (nSPS) is 26.5. The van der Waals surface area contributed by atoms with Crippen molar-refractivity contribution in [3.63, 3.8) is 0 Å². The largest absolute Gasteiger partial charge is 0.309 e. The minimum Gasteiger partial charge on any atom is -0.309 e. The van der Waals surface area contributed by atoms with Crippen LogP contribution in [0.1, 0.15) is 57.2 Å². The van der Waals surface area contributed by atoms with Crippen molar-refractivity contribution in [1.29, 1.82) is 0 Å². The van der Waals surface area contributed by atoms with Gasteiger partial charge in [0.1, 0.15) is 0 Å². The summed E-state index contributed by atoms with van der Waals surface area (Å²) >= 11 is 0. The monoisotopic (exact) mass is 260 g/mol. The molecule has 0 spiro atoms. The van der Waals surface area contributed by atoms with Gasteiger partial charge in [-0.25, -0.2) is 0 Å². The third-order valence-corrected chi connectivity index (χ3v) is 4.55. The van der Waals surface area contributed by atoms with Crippen LogP contribution in [0.15, 0.2) is 24.3 Å². The number of hydrogen-bond acceptors (Lipinski definition) is 2. The smallest absolute Gasteiger partial charge is 0.0481 e. The maximum atomic E-state index is 3.72. The van der Waals surface area contributed by atoms with Gasteiger partial charge in [0.2, 0.25) is 0 Å². The first-order chi connectivity index (χ1) is 9.22. The van der Waals surface area contributed by atoms with Gasteiger partial charge in [-0.1, -0.05) is 52.0 Å². The average Bonchev–Trinajstić information content (AvgIpc) is 2.44. The van der Waals surface area contributed by atoms with Gasteiger partial charge in [0.05, 0.1) is 0 Å². The molecule has 3 unspecified atom stereocenters. The van der Waals surface area contributed by atoms with Crippen LogP contribution in [-0.4, -0.2) is 30.6 Å². The quantitative estimate of drug-likeness (QED) is 0.871. The minimum absolute atomic E-state index is 0.484. The molecule has 2 nitrogen and oxygen atoms in total. The Hall–Kier alpha value is -0.860. The Bertz CT molecular complexity index is 398. The second-order valence-corrected chi connectivity index (χ2v) is 5.59. The predicted octanol–water partition coefficient (Wildman–Crippen LogP) is 3.55. The van der Waals surface area contributed by atoms with Crippen LogP contribution in [0, 0.1) is 0 Å². The molecule has 0 bridgehead atoms. The van der Waals surface area contributed by atoms with Gasteiger partial charge in [-0.15, -0.1) is 0 Å². The first kappa shape index (κ1) is 14.5. The Balaban J connectivity index is 2.36. The first-order valence-electron chi connectivity index (χ1n) is 7.79.